The van der Waals surface area contributed by atoms with Crippen LogP contribution in [-0.4, -0.2) is 24.6 Å². The van der Waals surface area contributed by atoms with Gasteiger partial charge in [0.05, 0.1) is 10.6 Å². The van der Waals surface area contributed by atoms with Gasteiger partial charge in [-0.3, -0.25) is 0 Å². The third kappa shape index (κ3) is 3.25. The zero-order valence-electron chi connectivity index (χ0n) is 11.9. The Labute approximate surface area is 137 Å². The van der Waals surface area contributed by atoms with Gasteiger partial charge >= 0.3 is 6.18 Å². The van der Waals surface area contributed by atoms with E-state index in [1.54, 1.807) is 4.52 Å². The second kappa shape index (κ2) is 5.64. The van der Waals surface area contributed by atoms with Gasteiger partial charge in [-0.05, 0) is 37.7 Å². The van der Waals surface area contributed by atoms with Crippen molar-refractivity contribution in [2.24, 2.45) is 0 Å². The van der Waals surface area contributed by atoms with E-state index in [2.05, 4.69) is 20.1 Å². The summed E-state index contributed by atoms with van der Waals surface area (Å²) in [7, 11) is 0. The van der Waals surface area contributed by atoms with Gasteiger partial charge in [0, 0.05) is 17.6 Å². The van der Waals surface area contributed by atoms with Gasteiger partial charge in [-0.25, -0.2) is 14.5 Å². The van der Waals surface area contributed by atoms with Crippen LogP contribution in [0.5, 0.6) is 0 Å². The van der Waals surface area contributed by atoms with Gasteiger partial charge in [0.15, 0.2) is 0 Å². The molecular weight excluding hydrogens is 351 g/mol. The molecule has 0 fully saturated rings. The lowest BCUT2D eigenvalue weighted by atomic mass is 10.3. The maximum Gasteiger partial charge on any atom is 0.417 e. The first-order valence-electron chi connectivity index (χ1n) is 6.35. The highest BCUT2D eigenvalue weighted by Crippen LogP contribution is 2.35. The lowest BCUT2D eigenvalue weighted by Gasteiger charge is -2.07. The molecule has 0 aliphatic carbocycles. The van der Waals surface area contributed by atoms with E-state index >= 15 is 0 Å². The molecule has 3 rings (SSSR count). The van der Waals surface area contributed by atoms with Crippen LogP contribution in [0.4, 0.5) is 13.2 Å². The Morgan fingerprint density at radius 1 is 1.17 bits per heavy atom. The van der Waals surface area contributed by atoms with Crippen molar-refractivity contribution in [3.8, 4) is 0 Å². The summed E-state index contributed by atoms with van der Waals surface area (Å²) in [6, 6.07) is 2.68. The largest absolute Gasteiger partial charge is 0.417 e. The van der Waals surface area contributed by atoms with E-state index in [9.17, 15) is 13.2 Å². The van der Waals surface area contributed by atoms with E-state index < -0.39 is 11.7 Å². The van der Waals surface area contributed by atoms with Crippen molar-refractivity contribution in [3.63, 3.8) is 0 Å². The molecule has 0 saturated heterocycles. The highest BCUT2D eigenvalue weighted by Gasteiger charge is 2.31. The van der Waals surface area contributed by atoms with Crippen molar-refractivity contribution in [2.75, 3.05) is 0 Å². The molecule has 0 N–H and O–H groups in total. The lowest BCUT2D eigenvalue weighted by Crippen LogP contribution is -2.05. The Kier molecular flexibility index (Phi) is 3.93. The number of pyridine rings is 1. The summed E-state index contributed by atoms with van der Waals surface area (Å²) in [4.78, 5) is 12.2. The number of halogens is 4. The molecule has 0 saturated carbocycles. The molecule has 0 spiro atoms. The van der Waals surface area contributed by atoms with Crippen LogP contribution < -0.4 is 0 Å². The van der Waals surface area contributed by atoms with Crippen LogP contribution in [0.3, 0.4) is 0 Å². The van der Waals surface area contributed by atoms with Crippen LogP contribution in [0.2, 0.25) is 5.02 Å². The van der Waals surface area contributed by atoms with Crippen molar-refractivity contribution in [1.29, 1.82) is 0 Å². The van der Waals surface area contributed by atoms with Gasteiger partial charge in [-0.2, -0.15) is 18.2 Å². The van der Waals surface area contributed by atoms with Crippen LogP contribution in [0.25, 0.3) is 5.78 Å². The SMILES string of the molecule is Cc1cc(C)n2nc(Sc3ncc(C(F)(F)F)cc3Cl)nc2n1. The van der Waals surface area contributed by atoms with Gasteiger partial charge in [-0.1, -0.05) is 11.6 Å². The van der Waals surface area contributed by atoms with Gasteiger partial charge < -0.3 is 0 Å². The molecule has 120 valence electrons. The fraction of sp³-hybridized carbons (Fsp3) is 0.231. The molecule has 0 radical (unpaired) electrons. The first-order chi connectivity index (χ1) is 10.7. The third-order valence-corrected chi connectivity index (χ3v) is 4.20. The number of aryl methyl sites for hydroxylation is 2. The molecule has 0 amide bonds. The van der Waals surface area contributed by atoms with Crippen LogP contribution in [0, 0.1) is 13.8 Å². The number of fused-ring (bicyclic) bond motifs is 1. The molecule has 0 bridgehead atoms. The maximum absolute atomic E-state index is 12.6. The van der Waals surface area contributed by atoms with Gasteiger partial charge in [0.1, 0.15) is 5.03 Å². The first kappa shape index (κ1) is 16.0. The van der Waals surface area contributed by atoms with Gasteiger partial charge in [-0.15, -0.1) is 5.10 Å². The van der Waals surface area contributed by atoms with Crippen molar-refractivity contribution < 1.29 is 13.2 Å². The average molecular weight is 360 g/mol. The molecule has 23 heavy (non-hydrogen) atoms. The molecule has 0 atom stereocenters. The molecule has 0 unspecified atom stereocenters. The van der Waals surface area contributed by atoms with E-state index in [1.807, 2.05) is 19.9 Å². The van der Waals surface area contributed by atoms with Crippen LogP contribution in [-0.2, 0) is 6.18 Å². The highest BCUT2D eigenvalue weighted by atomic mass is 35.5. The lowest BCUT2D eigenvalue weighted by molar-refractivity contribution is -0.137. The Hall–Kier alpha value is -1.87. The zero-order valence-corrected chi connectivity index (χ0v) is 13.5. The van der Waals surface area contributed by atoms with Crippen molar-refractivity contribution in [1.82, 2.24) is 24.6 Å². The van der Waals surface area contributed by atoms with E-state index in [4.69, 9.17) is 11.6 Å². The molecule has 0 aliphatic heterocycles. The van der Waals surface area contributed by atoms with Crippen LogP contribution in [0.1, 0.15) is 17.0 Å². The van der Waals surface area contributed by atoms with E-state index in [0.717, 1.165) is 35.4 Å². The number of alkyl halides is 3. The molecular formula is C13H9ClF3N5S. The zero-order chi connectivity index (χ0) is 16.8. The van der Waals surface area contributed by atoms with Crippen molar-refractivity contribution in [3.05, 3.63) is 40.3 Å². The minimum atomic E-state index is -4.49. The third-order valence-electron chi connectivity index (χ3n) is 2.92. The minimum Gasteiger partial charge on any atom is -0.247 e. The summed E-state index contributed by atoms with van der Waals surface area (Å²) >= 11 is 6.86. The summed E-state index contributed by atoms with van der Waals surface area (Å²) in [5.41, 5.74) is 0.742. The number of hydrogen-bond donors (Lipinski definition) is 0. The second-order valence-electron chi connectivity index (χ2n) is 4.76. The normalized spacial score (nSPS) is 12.1. The number of aromatic nitrogens is 5. The summed E-state index contributed by atoms with van der Waals surface area (Å²) in [6.45, 7) is 3.69. The smallest absolute Gasteiger partial charge is 0.247 e. The summed E-state index contributed by atoms with van der Waals surface area (Å²) in [5.74, 6) is 0.410. The molecule has 3 heterocycles. The monoisotopic (exact) mass is 359 g/mol. The van der Waals surface area contributed by atoms with Gasteiger partial charge in [0.2, 0.25) is 5.16 Å². The topological polar surface area (TPSA) is 56.0 Å². The summed E-state index contributed by atoms with van der Waals surface area (Å²) < 4.78 is 39.4. The quantitative estimate of drug-likeness (QED) is 0.693. The second-order valence-corrected chi connectivity index (χ2v) is 6.12. The molecule has 10 heteroatoms. The Bertz CT molecular complexity index is 893. The predicted octanol–water partition coefficient (Wildman–Crippen LogP) is 3.96. The van der Waals surface area contributed by atoms with E-state index in [0.29, 0.717) is 10.9 Å². The summed E-state index contributed by atoms with van der Waals surface area (Å²) in [6.07, 6.45) is -3.75. The standard InChI is InChI=1S/C13H9ClF3N5S/c1-6-3-7(2)22-11(19-6)20-12(21-22)23-10-9(14)4-8(5-18-10)13(15,16)17/h3-5H,1-2H3. The number of rotatable bonds is 2. The van der Waals surface area contributed by atoms with Crippen molar-refractivity contribution in [2.45, 2.75) is 30.2 Å². The molecule has 0 aliphatic rings. The van der Waals surface area contributed by atoms with E-state index in [-0.39, 0.29) is 10.0 Å². The fourth-order valence-corrected chi connectivity index (χ4v) is 2.90. The fourth-order valence-electron chi connectivity index (χ4n) is 1.93. The maximum atomic E-state index is 12.6. The number of hydrogen-bond acceptors (Lipinski definition) is 5. The first-order valence-corrected chi connectivity index (χ1v) is 7.55. The summed E-state index contributed by atoms with van der Waals surface area (Å²) in [5, 5.41) is 4.64. The molecule has 0 aromatic carbocycles. The molecule has 5 nitrogen and oxygen atoms in total. The Morgan fingerprint density at radius 2 is 1.91 bits per heavy atom. The molecule has 3 aromatic rings. The molecule has 3 aromatic heterocycles. The van der Waals surface area contributed by atoms with Crippen LogP contribution >= 0.6 is 23.4 Å². The van der Waals surface area contributed by atoms with Gasteiger partial charge in [0.25, 0.3) is 5.78 Å². The number of nitrogens with zero attached hydrogens (tertiary/aromatic N) is 5. The Morgan fingerprint density at radius 3 is 2.57 bits per heavy atom. The van der Waals surface area contributed by atoms with Crippen LogP contribution in [0.15, 0.2) is 28.5 Å². The Balaban J connectivity index is 1.95. The van der Waals surface area contributed by atoms with Crippen molar-refractivity contribution >= 4 is 29.1 Å². The average Bonchev–Trinajstić information content (AvgIpc) is 2.82. The highest BCUT2D eigenvalue weighted by molar-refractivity contribution is 7.99. The predicted molar refractivity (Wildman–Crippen MR) is 78.6 cm³/mol. The van der Waals surface area contributed by atoms with E-state index in [1.165, 1.54) is 0 Å². The minimum absolute atomic E-state index is 0.107.